The van der Waals surface area contributed by atoms with E-state index < -0.39 is 9.01 Å². The van der Waals surface area contributed by atoms with Crippen LogP contribution >= 0.6 is 0 Å². The maximum Gasteiger partial charge on any atom is 0.524 e. The van der Waals surface area contributed by atoms with Crippen molar-refractivity contribution in [1.82, 2.24) is 0 Å². The van der Waals surface area contributed by atoms with Crippen LogP contribution in [-0.4, -0.2) is 14.7 Å². The molecule has 4 nitrogen and oxygen atoms in total. The summed E-state index contributed by atoms with van der Waals surface area (Å²) in [7, 11) is -2.38. The van der Waals surface area contributed by atoms with Crippen LogP contribution in [0.25, 0.3) is 0 Å². The Balaban J connectivity index is 2.29. The molecule has 0 heterocycles. The molecule has 0 aliphatic carbocycles. The maximum absolute atomic E-state index is 11.9. The molecule has 0 fully saturated rings. The highest BCUT2D eigenvalue weighted by Crippen LogP contribution is 2.18. The van der Waals surface area contributed by atoms with E-state index in [-0.39, 0.29) is 0 Å². The monoisotopic (exact) mass is 309 g/mol. The van der Waals surface area contributed by atoms with Gasteiger partial charge in [-0.05, 0) is 44.2 Å². The van der Waals surface area contributed by atoms with Crippen LogP contribution in [-0.2, 0) is 4.46 Å². The molecule has 2 rings (SSSR count). The zero-order valence-electron chi connectivity index (χ0n) is 12.7. The topological polar surface area (TPSA) is 58.7 Å². The van der Waals surface area contributed by atoms with Crippen LogP contribution in [0.2, 0.25) is 0 Å². The van der Waals surface area contributed by atoms with E-state index in [1.165, 1.54) is 0 Å². The highest BCUT2D eigenvalue weighted by molar-refractivity contribution is 6.45. The molecule has 0 spiro atoms. The van der Waals surface area contributed by atoms with Crippen LogP contribution in [0.4, 0.5) is 11.4 Å². The van der Waals surface area contributed by atoms with Crippen LogP contribution in [0.1, 0.15) is 13.8 Å². The Hall–Kier alpha value is -2.53. The third-order valence-electron chi connectivity index (χ3n) is 3.07. The highest BCUT2D eigenvalue weighted by Gasteiger charge is 2.16. The molecule has 22 heavy (non-hydrogen) atoms. The van der Waals surface area contributed by atoms with Crippen molar-refractivity contribution in [2.24, 2.45) is 10.4 Å². The first-order valence-electron chi connectivity index (χ1n) is 7.01. The van der Waals surface area contributed by atoms with Crippen molar-refractivity contribution in [2.75, 3.05) is 4.57 Å². The Morgan fingerprint density at radius 3 is 2.14 bits per heavy atom. The summed E-state index contributed by atoms with van der Waals surface area (Å²) < 4.78 is 13.6. The lowest BCUT2D eigenvalue weighted by Gasteiger charge is -2.20. The van der Waals surface area contributed by atoms with Gasteiger partial charge in [-0.15, -0.1) is 0 Å². The smallest absolute Gasteiger partial charge is 0.386 e. The van der Waals surface area contributed by atoms with Crippen molar-refractivity contribution in [1.29, 1.82) is 0 Å². The zero-order valence-corrected chi connectivity index (χ0v) is 13.7. The van der Waals surface area contributed by atoms with Crippen LogP contribution in [0, 0.1) is 0 Å². The van der Waals surface area contributed by atoms with Gasteiger partial charge in [0.1, 0.15) is 0 Å². The molecule has 2 N–H and O–H groups in total. The number of nitrogens with two attached hydrogens (primary N) is 1. The average molecular weight is 309 g/mol. The Morgan fingerprint density at radius 1 is 1.05 bits per heavy atom. The van der Waals surface area contributed by atoms with E-state index in [0.717, 1.165) is 22.8 Å². The van der Waals surface area contributed by atoms with E-state index in [1.54, 1.807) is 4.57 Å². The number of benzene rings is 2. The molecule has 0 bridgehead atoms. The molecule has 112 valence electrons. The fourth-order valence-corrected chi connectivity index (χ4v) is 3.00. The summed E-state index contributed by atoms with van der Waals surface area (Å²) in [5.74, 6) is 0. The molecule has 0 unspecified atom stereocenters. The fourth-order valence-electron chi connectivity index (χ4n) is 2.19. The van der Waals surface area contributed by atoms with Gasteiger partial charge in [0, 0.05) is 17.1 Å². The van der Waals surface area contributed by atoms with E-state index in [1.807, 2.05) is 80.6 Å². The van der Waals surface area contributed by atoms with E-state index in [4.69, 9.17) is 5.40 Å². The molecule has 0 radical (unpaired) electrons. The van der Waals surface area contributed by atoms with Crippen molar-refractivity contribution < 1.29 is 4.46 Å². The standard InChI is InChI=1S/C17H19N3OSi/c1-14(19-16-9-5-3-6-10-16)13-15(2)20(22(18)21)17-11-7-4-8-12-17/h3-13H,18H2,1-2H3/b15-13+,19-14?. The average Bonchev–Trinajstić information content (AvgIpc) is 2.48. The Bertz CT molecular complexity index is 696. The number of anilines is 1. The minimum Gasteiger partial charge on any atom is -0.386 e. The first kappa shape index (κ1) is 15.8. The number of rotatable bonds is 5. The lowest BCUT2D eigenvalue weighted by molar-refractivity contribution is 0.560. The quantitative estimate of drug-likeness (QED) is 0.678. The van der Waals surface area contributed by atoms with Gasteiger partial charge in [-0.3, -0.25) is 4.99 Å². The van der Waals surface area contributed by atoms with Crippen molar-refractivity contribution in [3.63, 3.8) is 0 Å². The van der Waals surface area contributed by atoms with Crippen LogP contribution in [0.5, 0.6) is 0 Å². The number of hydrogen-bond acceptors (Lipinski definition) is 2. The summed E-state index contributed by atoms with van der Waals surface area (Å²) in [6, 6.07) is 19.2. The molecule has 0 atom stereocenters. The first-order valence-corrected chi connectivity index (χ1v) is 8.44. The number of aliphatic imine (C=N–C) groups is 1. The summed E-state index contributed by atoms with van der Waals surface area (Å²) in [4.78, 5) is 4.52. The SMILES string of the molecule is CC(/C=C(\C)N(c1ccccc1)[Si](N)=O)=Nc1ccccc1. The maximum atomic E-state index is 11.9. The van der Waals surface area contributed by atoms with Crippen LogP contribution in [0.15, 0.2) is 77.4 Å². The van der Waals surface area contributed by atoms with E-state index in [2.05, 4.69) is 4.99 Å². The van der Waals surface area contributed by atoms with Gasteiger partial charge in [0.25, 0.3) is 0 Å². The normalized spacial score (nSPS) is 12.1. The Morgan fingerprint density at radius 2 is 1.59 bits per heavy atom. The minimum atomic E-state index is -2.38. The van der Waals surface area contributed by atoms with Crippen LogP contribution < -0.4 is 9.96 Å². The number of nitrogens with zero attached hydrogens (tertiary/aromatic N) is 2. The largest absolute Gasteiger partial charge is 0.524 e. The van der Waals surface area contributed by atoms with Gasteiger partial charge in [0.15, 0.2) is 0 Å². The van der Waals surface area contributed by atoms with Gasteiger partial charge >= 0.3 is 9.01 Å². The third-order valence-corrected chi connectivity index (χ3v) is 4.12. The molecule has 0 aliphatic heterocycles. The second-order valence-corrected chi connectivity index (χ2v) is 6.01. The highest BCUT2D eigenvalue weighted by atomic mass is 28.3. The lowest BCUT2D eigenvalue weighted by Crippen LogP contribution is -2.38. The van der Waals surface area contributed by atoms with E-state index in [9.17, 15) is 4.46 Å². The molecular formula is C17H19N3OSi. The predicted octanol–water partition coefficient (Wildman–Crippen LogP) is 3.56. The molecular weight excluding hydrogens is 290 g/mol. The van der Waals surface area contributed by atoms with Gasteiger partial charge in [0.2, 0.25) is 0 Å². The molecule has 5 heteroatoms. The number of para-hydroxylation sites is 2. The summed E-state index contributed by atoms with van der Waals surface area (Å²) in [5.41, 5.74) is 3.33. The van der Waals surface area contributed by atoms with Gasteiger partial charge in [-0.25, -0.2) is 0 Å². The Kier molecular flexibility index (Phi) is 5.38. The molecule has 0 aromatic heterocycles. The van der Waals surface area contributed by atoms with Crippen LogP contribution in [0.3, 0.4) is 0 Å². The summed E-state index contributed by atoms with van der Waals surface area (Å²) in [6.07, 6.45) is 1.88. The van der Waals surface area contributed by atoms with Crippen molar-refractivity contribution in [3.05, 3.63) is 72.4 Å². The van der Waals surface area contributed by atoms with Crippen molar-refractivity contribution in [2.45, 2.75) is 13.8 Å². The van der Waals surface area contributed by atoms with Gasteiger partial charge in [-0.2, -0.15) is 0 Å². The summed E-state index contributed by atoms with van der Waals surface area (Å²) in [6.45, 7) is 3.79. The van der Waals surface area contributed by atoms with Gasteiger partial charge in [-0.1, -0.05) is 36.4 Å². The molecule has 2 aromatic rings. The fraction of sp³-hybridized carbons (Fsp3) is 0.118. The Labute approximate surface area is 132 Å². The minimum absolute atomic E-state index is 0.801. The zero-order chi connectivity index (χ0) is 15.9. The number of hydrogen-bond donors (Lipinski definition) is 1. The predicted molar refractivity (Wildman–Crippen MR) is 92.5 cm³/mol. The summed E-state index contributed by atoms with van der Waals surface area (Å²) in [5, 5.41) is 5.69. The first-order chi connectivity index (χ1) is 10.6. The van der Waals surface area contributed by atoms with Gasteiger partial charge in [0.05, 0.1) is 5.69 Å². The molecule has 0 amide bonds. The molecule has 0 saturated heterocycles. The van der Waals surface area contributed by atoms with Gasteiger partial charge < -0.3 is 14.4 Å². The van der Waals surface area contributed by atoms with E-state index in [0.29, 0.717) is 0 Å². The summed E-state index contributed by atoms with van der Waals surface area (Å²) >= 11 is 0. The molecule has 0 aliphatic rings. The second-order valence-electron chi connectivity index (χ2n) is 4.88. The lowest BCUT2D eigenvalue weighted by atomic mass is 10.2. The van der Waals surface area contributed by atoms with Crippen molar-refractivity contribution in [3.8, 4) is 0 Å². The number of allylic oxidation sites excluding steroid dienone is 2. The second kappa shape index (κ2) is 7.47. The van der Waals surface area contributed by atoms with E-state index >= 15 is 0 Å². The molecule has 0 saturated carbocycles. The third kappa shape index (κ3) is 4.23. The molecule has 2 aromatic carbocycles. The van der Waals surface area contributed by atoms with Crippen molar-refractivity contribution >= 4 is 26.1 Å².